The highest BCUT2D eigenvalue weighted by Gasteiger charge is 2.37. The molecule has 0 radical (unpaired) electrons. The van der Waals surface area contributed by atoms with Gasteiger partial charge in [0.1, 0.15) is 18.8 Å². The van der Waals surface area contributed by atoms with E-state index >= 15 is 0 Å². The number of hydrogen-bond acceptors (Lipinski definition) is 7. The zero-order chi connectivity index (χ0) is 31.9. The van der Waals surface area contributed by atoms with Crippen LogP contribution in [0.25, 0.3) is 6.08 Å². The molecule has 1 aliphatic heterocycles. The Labute approximate surface area is 269 Å². The summed E-state index contributed by atoms with van der Waals surface area (Å²) in [6.45, 7) is 2.63. The van der Waals surface area contributed by atoms with Gasteiger partial charge in [0.05, 0.1) is 24.4 Å². The molecular formula is C34H28Cl2N2O7. The van der Waals surface area contributed by atoms with Gasteiger partial charge < -0.3 is 18.9 Å². The smallest absolute Gasteiger partial charge is 0.335 e. The highest BCUT2D eigenvalue weighted by molar-refractivity contribution is 6.39. The van der Waals surface area contributed by atoms with Crippen molar-refractivity contribution in [3.63, 3.8) is 0 Å². The molecule has 230 valence electrons. The molecule has 0 spiro atoms. The largest absolute Gasteiger partial charge is 0.493 e. The second kappa shape index (κ2) is 14.2. The van der Waals surface area contributed by atoms with Crippen LogP contribution < -0.4 is 29.2 Å². The Bertz CT molecular complexity index is 1760. The van der Waals surface area contributed by atoms with Crippen LogP contribution in [0, 0.1) is 0 Å². The van der Waals surface area contributed by atoms with E-state index in [1.807, 2.05) is 48.5 Å². The van der Waals surface area contributed by atoms with Crippen LogP contribution in [-0.2, 0) is 22.8 Å². The minimum Gasteiger partial charge on any atom is -0.493 e. The van der Waals surface area contributed by atoms with Crippen molar-refractivity contribution in [1.29, 1.82) is 0 Å². The maximum absolute atomic E-state index is 13.3. The molecule has 1 saturated heterocycles. The fourth-order valence-corrected chi connectivity index (χ4v) is 4.93. The molecule has 0 atom stereocenters. The van der Waals surface area contributed by atoms with Crippen LogP contribution in [0.5, 0.6) is 23.0 Å². The number of imide groups is 2. The highest BCUT2D eigenvalue weighted by atomic mass is 35.5. The molecule has 0 bridgehead atoms. The number of hydrogen-bond donors (Lipinski definition) is 1. The van der Waals surface area contributed by atoms with Gasteiger partial charge in [0.2, 0.25) is 0 Å². The summed E-state index contributed by atoms with van der Waals surface area (Å²) in [6.07, 6.45) is 1.34. The SMILES string of the molecule is CCOc1cc(/C=C2/C(=O)NC(=O)N(c3ccc(Cl)cc3)C2=O)cc(Cl)c1OCc1ccc(OCc2ccccc2)c(OC)c1. The Morgan fingerprint density at radius 2 is 1.51 bits per heavy atom. The van der Waals surface area contributed by atoms with Gasteiger partial charge in [-0.25, -0.2) is 9.69 Å². The van der Waals surface area contributed by atoms with E-state index in [0.717, 1.165) is 16.0 Å². The lowest BCUT2D eigenvalue weighted by Crippen LogP contribution is -2.54. The van der Waals surface area contributed by atoms with E-state index in [9.17, 15) is 14.4 Å². The van der Waals surface area contributed by atoms with Crippen molar-refractivity contribution in [2.24, 2.45) is 0 Å². The van der Waals surface area contributed by atoms with Crippen LogP contribution in [0.15, 0.2) is 90.5 Å². The lowest BCUT2D eigenvalue weighted by atomic mass is 10.1. The van der Waals surface area contributed by atoms with E-state index in [0.29, 0.717) is 41.0 Å². The zero-order valence-electron chi connectivity index (χ0n) is 24.3. The van der Waals surface area contributed by atoms with Crippen molar-refractivity contribution in [3.05, 3.63) is 117 Å². The predicted molar refractivity (Wildman–Crippen MR) is 171 cm³/mol. The van der Waals surface area contributed by atoms with Crippen LogP contribution in [0.4, 0.5) is 10.5 Å². The number of benzene rings is 4. The lowest BCUT2D eigenvalue weighted by molar-refractivity contribution is -0.122. The van der Waals surface area contributed by atoms with Crippen LogP contribution in [-0.4, -0.2) is 31.6 Å². The Hall–Kier alpha value is -4.99. The average Bonchev–Trinajstić information content (AvgIpc) is 3.03. The van der Waals surface area contributed by atoms with Gasteiger partial charge in [-0.1, -0.05) is 59.6 Å². The first-order valence-corrected chi connectivity index (χ1v) is 14.6. The zero-order valence-corrected chi connectivity index (χ0v) is 25.9. The molecule has 0 unspecified atom stereocenters. The third-order valence-electron chi connectivity index (χ3n) is 6.68. The van der Waals surface area contributed by atoms with Gasteiger partial charge in [-0.3, -0.25) is 14.9 Å². The molecule has 1 N–H and O–H groups in total. The third-order valence-corrected chi connectivity index (χ3v) is 7.21. The molecular weight excluding hydrogens is 619 g/mol. The van der Waals surface area contributed by atoms with Crippen molar-refractivity contribution in [3.8, 4) is 23.0 Å². The normalized spacial score (nSPS) is 13.9. The maximum atomic E-state index is 13.3. The maximum Gasteiger partial charge on any atom is 0.335 e. The first kappa shape index (κ1) is 31.4. The van der Waals surface area contributed by atoms with Gasteiger partial charge in [0.15, 0.2) is 23.0 Å². The van der Waals surface area contributed by atoms with Crippen LogP contribution in [0.2, 0.25) is 10.0 Å². The summed E-state index contributed by atoms with van der Waals surface area (Å²) in [4.78, 5) is 39.3. The number of nitrogens with one attached hydrogen (secondary N) is 1. The monoisotopic (exact) mass is 646 g/mol. The lowest BCUT2D eigenvalue weighted by Gasteiger charge is -2.26. The number of carbonyl (C=O) groups excluding carboxylic acids is 3. The number of methoxy groups -OCH3 is 1. The number of rotatable bonds is 11. The van der Waals surface area contributed by atoms with E-state index in [1.54, 1.807) is 20.1 Å². The van der Waals surface area contributed by atoms with E-state index in [2.05, 4.69) is 5.32 Å². The van der Waals surface area contributed by atoms with Crippen molar-refractivity contribution in [2.75, 3.05) is 18.6 Å². The molecule has 0 saturated carbocycles. The van der Waals surface area contributed by atoms with Gasteiger partial charge in [-0.05, 0) is 78.2 Å². The Balaban J connectivity index is 1.35. The van der Waals surface area contributed by atoms with Gasteiger partial charge >= 0.3 is 6.03 Å². The molecule has 11 heteroatoms. The van der Waals surface area contributed by atoms with E-state index in [4.69, 9.17) is 42.1 Å². The Kier molecular flexibility index (Phi) is 9.92. The van der Waals surface area contributed by atoms with Crippen LogP contribution in [0.1, 0.15) is 23.6 Å². The van der Waals surface area contributed by atoms with Crippen LogP contribution in [0.3, 0.4) is 0 Å². The summed E-state index contributed by atoms with van der Waals surface area (Å²) < 4.78 is 23.4. The molecule has 1 fully saturated rings. The molecule has 0 aliphatic carbocycles. The van der Waals surface area contributed by atoms with E-state index in [1.165, 1.54) is 36.4 Å². The predicted octanol–water partition coefficient (Wildman–Crippen LogP) is 7.23. The Morgan fingerprint density at radius 1 is 0.778 bits per heavy atom. The van der Waals surface area contributed by atoms with E-state index < -0.39 is 17.8 Å². The van der Waals surface area contributed by atoms with Gasteiger partial charge in [0, 0.05) is 5.02 Å². The number of barbiturate groups is 1. The van der Waals surface area contributed by atoms with Crippen molar-refractivity contribution >= 4 is 52.8 Å². The molecule has 4 aromatic rings. The summed E-state index contributed by atoms with van der Waals surface area (Å²) in [6, 6.07) is 23.6. The van der Waals surface area contributed by atoms with Gasteiger partial charge in [0.25, 0.3) is 11.8 Å². The Morgan fingerprint density at radius 3 is 2.22 bits per heavy atom. The molecule has 4 amide bonds. The second-order valence-electron chi connectivity index (χ2n) is 9.75. The third kappa shape index (κ3) is 7.39. The topological polar surface area (TPSA) is 103 Å². The number of carbonyl (C=O) groups is 3. The number of ether oxygens (including phenoxy) is 4. The minimum atomic E-state index is -0.867. The summed E-state index contributed by atoms with van der Waals surface area (Å²) >= 11 is 12.6. The molecule has 1 heterocycles. The van der Waals surface area contributed by atoms with Crippen LogP contribution >= 0.6 is 23.2 Å². The second-order valence-corrected chi connectivity index (χ2v) is 10.6. The molecule has 0 aromatic heterocycles. The average molecular weight is 648 g/mol. The van der Waals surface area contributed by atoms with Gasteiger partial charge in [-0.2, -0.15) is 0 Å². The van der Waals surface area contributed by atoms with Crippen molar-refractivity contribution < 1.29 is 33.3 Å². The molecule has 4 aromatic carbocycles. The molecule has 1 aliphatic rings. The summed E-state index contributed by atoms with van der Waals surface area (Å²) in [5.74, 6) is 0.0857. The number of urea groups is 1. The quantitative estimate of drug-likeness (QED) is 0.135. The van der Waals surface area contributed by atoms with E-state index in [-0.39, 0.29) is 28.6 Å². The summed E-state index contributed by atoms with van der Waals surface area (Å²) in [5, 5.41) is 2.82. The van der Waals surface area contributed by atoms with Crippen molar-refractivity contribution in [1.82, 2.24) is 5.32 Å². The molecule has 9 nitrogen and oxygen atoms in total. The standard InChI is InChI=1S/C34H28Cl2N2O7/c1-3-43-30-18-23(15-26-32(39)37-34(41)38(33(26)40)25-12-10-24(35)11-13-25)16-27(36)31(30)45-20-22-9-14-28(29(17-22)42-2)44-19-21-7-5-4-6-8-21/h4-18H,3,19-20H2,1-2H3,(H,37,39,41)/b26-15-. The summed E-state index contributed by atoms with van der Waals surface area (Å²) in [7, 11) is 1.56. The minimum absolute atomic E-state index is 0.134. The first-order chi connectivity index (χ1) is 21.8. The van der Waals surface area contributed by atoms with Crippen molar-refractivity contribution in [2.45, 2.75) is 20.1 Å². The van der Waals surface area contributed by atoms with Gasteiger partial charge in [-0.15, -0.1) is 0 Å². The number of amides is 4. The fourth-order valence-electron chi connectivity index (χ4n) is 4.53. The number of nitrogens with zero attached hydrogens (tertiary/aromatic N) is 1. The number of anilines is 1. The number of halogens is 2. The fraction of sp³-hybridized carbons (Fsp3) is 0.147. The first-order valence-electron chi connectivity index (χ1n) is 13.9. The molecule has 45 heavy (non-hydrogen) atoms. The highest BCUT2D eigenvalue weighted by Crippen LogP contribution is 2.39. The summed E-state index contributed by atoms with van der Waals surface area (Å²) in [5.41, 5.74) is 2.20. The molecule has 5 rings (SSSR count).